The van der Waals surface area contributed by atoms with Crippen LogP contribution in [0, 0.1) is 0 Å². The molecule has 1 aromatic heterocycles. The summed E-state index contributed by atoms with van der Waals surface area (Å²) in [5.41, 5.74) is 0.480. The van der Waals surface area contributed by atoms with Crippen molar-refractivity contribution >= 4 is 17.3 Å². The average Bonchev–Trinajstić information content (AvgIpc) is 3.06. The Morgan fingerprint density at radius 1 is 1.30 bits per heavy atom. The van der Waals surface area contributed by atoms with Crippen molar-refractivity contribution in [3.63, 3.8) is 0 Å². The molecule has 9 nitrogen and oxygen atoms in total. The normalized spacial score (nSPS) is 12.0. The average molecular weight is 372 g/mol. The first-order valence-electron chi connectivity index (χ1n) is 8.03. The molecule has 0 saturated carbocycles. The summed E-state index contributed by atoms with van der Waals surface area (Å²) in [5.74, 6) is 0.225. The standard InChI is InChI=1S/C18H20N4O5/c1-12(18-19-20-21-22(18)2)4-5-13(23)10-14(24)11-17(25)27-16-8-6-15(26-3)7-9-16/h4-9,13,23H,1,10-11H2,2-3H3. The fraction of sp³-hybridized carbons (Fsp3) is 0.278. The highest BCUT2D eigenvalue weighted by atomic mass is 16.5. The van der Waals surface area contributed by atoms with Crippen LogP contribution >= 0.6 is 0 Å². The zero-order chi connectivity index (χ0) is 19.8. The molecule has 2 aromatic rings. The van der Waals surface area contributed by atoms with Gasteiger partial charge in [-0.25, -0.2) is 4.68 Å². The predicted octanol–water partition coefficient (Wildman–Crippen LogP) is 1.10. The van der Waals surface area contributed by atoms with Gasteiger partial charge in [0.25, 0.3) is 0 Å². The van der Waals surface area contributed by atoms with Gasteiger partial charge in [0.05, 0.1) is 13.2 Å². The van der Waals surface area contributed by atoms with E-state index in [1.54, 1.807) is 31.3 Å². The quantitative estimate of drug-likeness (QED) is 0.301. The van der Waals surface area contributed by atoms with Crippen LogP contribution in [0.2, 0.25) is 0 Å². The number of aromatic nitrogens is 4. The number of methoxy groups -OCH3 is 1. The largest absolute Gasteiger partial charge is 0.497 e. The zero-order valence-electron chi connectivity index (χ0n) is 15.0. The van der Waals surface area contributed by atoms with Crippen LogP contribution in [0.1, 0.15) is 18.7 Å². The summed E-state index contributed by atoms with van der Waals surface area (Å²) in [5, 5.41) is 20.9. The maximum Gasteiger partial charge on any atom is 0.318 e. The smallest absolute Gasteiger partial charge is 0.318 e. The van der Waals surface area contributed by atoms with Gasteiger partial charge < -0.3 is 14.6 Å². The van der Waals surface area contributed by atoms with E-state index in [1.165, 1.54) is 23.9 Å². The number of nitrogens with zero attached hydrogens (tertiary/aromatic N) is 4. The minimum atomic E-state index is -1.07. The number of ketones is 1. The number of esters is 1. The Balaban J connectivity index is 1.79. The van der Waals surface area contributed by atoms with Crippen molar-refractivity contribution in [3.8, 4) is 11.5 Å². The second-order valence-electron chi connectivity index (χ2n) is 5.65. The predicted molar refractivity (Wildman–Crippen MR) is 95.8 cm³/mol. The Morgan fingerprint density at radius 3 is 2.56 bits per heavy atom. The lowest BCUT2D eigenvalue weighted by atomic mass is 10.1. The number of aliphatic hydroxyl groups excluding tert-OH is 1. The first-order chi connectivity index (χ1) is 12.9. The molecule has 0 spiro atoms. The van der Waals surface area contributed by atoms with E-state index in [0.717, 1.165) is 0 Å². The molecule has 1 unspecified atom stereocenters. The van der Waals surface area contributed by atoms with Crippen LogP contribution in [-0.4, -0.2) is 50.3 Å². The van der Waals surface area contributed by atoms with Crippen molar-refractivity contribution in [2.45, 2.75) is 18.9 Å². The van der Waals surface area contributed by atoms with Crippen LogP contribution in [0.25, 0.3) is 5.57 Å². The van der Waals surface area contributed by atoms with Crippen molar-refractivity contribution in [1.29, 1.82) is 0 Å². The fourth-order valence-electron chi connectivity index (χ4n) is 2.15. The maximum absolute atomic E-state index is 11.9. The van der Waals surface area contributed by atoms with Crippen LogP contribution in [-0.2, 0) is 16.6 Å². The van der Waals surface area contributed by atoms with Gasteiger partial charge in [-0.1, -0.05) is 18.7 Å². The minimum absolute atomic E-state index is 0.224. The summed E-state index contributed by atoms with van der Waals surface area (Å²) in [6, 6.07) is 6.40. The number of ether oxygens (including phenoxy) is 2. The van der Waals surface area contributed by atoms with Crippen molar-refractivity contribution in [3.05, 3.63) is 48.8 Å². The highest BCUT2D eigenvalue weighted by Crippen LogP contribution is 2.17. The first-order valence-corrected chi connectivity index (χ1v) is 8.03. The number of benzene rings is 1. The number of carbonyl (C=O) groups is 2. The van der Waals surface area contributed by atoms with Gasteiger partial charge in [-0.05, 0) is 34.7 Å². The number of rotatable bonds is 9. The second-order valence-corrected chi connectivity index (χ2v) is 5.65. The molecule has 9 heteroatoms. The number of hydrogen-bond acceptors (Lipinski definition) is 8. The molecule has 2 rings (SSSR count). The highest BCUT2D eigenvalue weighted by molar-refractivity contribution is 5.96. The summed E-state index contributed by atoms with van der Waals surface area (Å²) < 4.78 is 11.5. The van der Waals surface area contributed by atoms with Gasteiger partial charge in [0.2, 0.25) is 0 Å². The number of tetrazole rings is 1. The molecule has 0 bridgehead atoms. The van der Waals surface area contributed by atoms with Crippen LogP contribution in [0.4, 0.5) is 0 Å². The van der Waals surface area contributed by atoms with Gasteiger partial charge in [0.15, 0.2) is 5.82 Å². The number of allylic oxidation sites excluding steroid dienone is 2. The summed E-state index contributed by atoms with van der Waals surface area (Å²) in [7, 11) is 3.18. The summed E-state index contributed by atoms with van der Waals surface area (Å²) in [4.78, 5) is 23.7. The van der Waals surface area contributed by atoms with E-state index >= 15 is 0 Å². The molecular formula is C18H20N4O5. The maximum atomic E-state index is 11.9. The van der Waals surface area contributed by atoms with E-state index in [2.05, 4.69) is 22.1 Å². The fourth-order valence-corrected chi connectivity index (χ4v) is 2.15. The first kappa shape index (κ1) is 20.0. The lowest BCUT2D eigenvalue weighted by Gasteiger charge is -2.07. The third-order valence-corrected chi connectivity index (χ3v) is 3.50. The topological polar surface area (TPSA) is 116 Å². The van der Waals surface area contributed by atoms with E-state index in [0.29, 0.717) is 22.9 Å². The molecule has 1 atom stereocenters. The Hall–Kier alpha value is -3.33. The van der Waals surface area contributed by atoms with Gasteiger partial charge in [0.1, 0.15) is 23.7 Å². The number of aliphatic hydroxyl groups is 1. The van der Waals surface area contributed by atoms with Gasteiger partial charge in [-0.15, -0.1) is 5.10 Å². The number of carbonyl (C=O) groups excluding carboxylic acids is 2. The van der Waals surface area contributed by atoms with E-state index in [-0.39, 0.29) is 6.42 Å². The molecule has 0 aliphatic carbocycles. The summed E-state index contributed by atoms with van der Waals surface area (Å²) in [6.45, 7) is 3.79. The number of Topliss-reactive ketones (excluding diaryl/α,β-unsaturated/α-hetero) is 1. The van der Waals surface area contributed by atoms with Crippen LogP contribution < -0.4 is 9.47 Å². The van der Waals surface area contributed by atoms with E-state index < -0.39 is 24.3 Å². The van der Waals surface area contributed by atoms with Crippen molar-refractivity contribution in [2.75, 3.05) is 7.11 Å². The van der Waals surface area contributed by atoms with Gasteiger partial charge in [0, 0.05) is 19.0 Å². The van der Waals surface area contributed by atoms with Crippen molar-refractivity contribution in [2.24, 2.45) is 7.05 Å². The molecule has 0 aliphatic heterocycles. The summed E-state index contributed by atoms with van der Waals surface area (Å²) >= 11 is 0. The Bertz CT molecular complexity index is 842. The number of hydrogen-bond donors (Lipinski definition) is 1. The highest BCUT2D eigenvalue weighted by Gasteiger charge is 2.15. The van der Waals surface area contributed by atoms with Crippen molar-refractivity contribution < 1.29 is 24.2 Å². The monoisotopic (exact) mass is 372 g/mol. The van der Waals surface area contributed by atoms with Gasteiger partial charge >= 0.3 is 5.97 Å². The number of aryl methyl sites for hydroxylation is 1. The third-order valence-electron chi connectivity index (χ3n) is 3.50. The Kier molecular flexibility index (Phi) is 6.95. The Morgan fingerprint density at radius 2 is 1.96 bits per heavy atom. The van der Waals surface area contributed by atoms with Crippen LogP contribution in [0.5, 0.6) is 11.5 Å². The molecule has 1 heterocycles. The van der Waals surface area contributed by atoms with E-state index in [1.807, 2.05) is 0 Å². The molecular weight excluding hydrogens is 352 g/mol. The molecule has 0 aliphatic rings. The summed E-state index contributed by atoms with van der Waals surface area (Å²) in [6.07, 6.45) is 1.18. The van der Waals surface area contributed by atoms with Gasteiger partial charge in [-0.3, -0.25) is 9.59 Å². The lowest BCUT2D eigenvalue weighted by Crippen LogP contribution is -2.18. The Labute approximate surface area is 155 Å². The molecule has 1 N–H and O–H groups in total. The van der Waals surface area contributed by atoms with E-state index in [4.69, 9.17) is 9.47 Å². The third kappa shape index (κ3) is 6.15. The molecule has 142 valence electrons. The molecule has 27 heavy (non-hydrogen) atoms. The molecule has 0 fully saturated rings. The van der Waals surface area contributed by atoms with E-state index in [9.17, 15) is 14.7 Å². The van der Waals surface area contributed by atoms with Gasteiger partial charge in [-0.2, -0.15) is 0 Å². The zero-order valence-corrected chi connectivity index (χ0v) is 15.0. The molecule has 0 radical (unpaired) electrons. The SMILES string of the molecule is C=C(C=CC(O)CC(=O)CC(=O)Oc1ccc(OC)cc1)c1nnnn1C. The lowest BCUT2D eigenvalue weighted by molar-refractivity contribution is -0.138. The second kappa shape index (κ2) is 9.39. The van der Waals surface area contributed by atoms with Crippen molar-refractivity contribution in [1.82, 2.24) is 20.2 Å². The molecule has 1 aromatic carbocycles. The van der Waals surface area contributed by atoms with Crippen LogP contribution in [0.3, 0.4) is 0 Å². The minimum Gasteiger partial charge on any atom is -0.497 e. The molecule has 0 amide bonds. The van der Waals surface area contributed by atoms with Crippen LogP contribution in [0.15, 0.2) is 43.0 Å². The molecule has 0 saturated heterocycles.